The number of hydrogen-bond donors (Lipinski definition) is 2. The van der Waals surface area contributed by atoms with Crippen molar-refractivity contribution >= 4 is 29.0 Å². The standard InChI is InChI=1S/C26H21N3O5S/c1-15-22(24(31)28-18-6-4-3-5-7-18)23(17-8-9-19(30)20(13-17)33-2)29-25(32)21(35-26(29)27-15)12-16-10-11-34-14-16/h3-14,23,30H,1-2H3,(H,28,31)/b21-12+/t23-/m1/s1. The molecule has 2 N–H and O–H groups in total. The molecule has 2 aromatic carbocycles. The first-order valence-electron chi connectivity index (χ1n) is 10.7. The molecule has 0 spiro atoms. The van der Waals surface area contributed by atoms with E-state index in [1.807, 2.05) is 18.2 Å². The van der Waals surface area contributed by atoms with Gasteiger partial charge in [0.2, 0.25) is 0 Å². The number of benzene rings is 2. The molecule has 4 aromatic rings. The number of anilines is 1. The van der Waals surface area contributed by atoms with Crippen LogP contribution in [0.1, 0.15) is 24.1 Å². The quantitative estimate of drug-likeness (QED) is 0.450. The first-order valence-corrected chi connectivity index (χ1v) is 11.6. The lowest BCUT2D eigenvalue weighted by Gasteiger charge is -2.25. The lowest BCUT2D eigenvalue weighted by atomic mass is 9.94. The predicted octanol–water partition coefficient (Wildman–Crippen LogP) is 3.18. The monoisotopic (exact) mass is 487 g/mol. The summed E-state index contributed by atoms with van der Waals surface area (Å²) in [6.45, 7) is 1.75. The second kappa shape index (κ2) is 9.11. The Morgan fingerprint density at radius 3 is 2.74 bits per heavy atom. The van der Waals surface area contributed by atoms with E-state index in [1.165, 1.54) is 35.3 Å². The maximum absolute atomic E-state index is 13.6. The molecule has 0 radical (unpaired) electrons. The zero-order valence-corrected chi connectivity index (χ0v) is 19.7. The van der Waals surface area contributed by atoms with Crippen molar-refractivity contribution in [2.75, 3.05) is 12.4 Å². The van der Waals surface area contributed by atoms with Crippen LogP contribution in [0.3, 0.4) is 0 Å². The minimum atomic E-state index is -0.782. The fourth-order valence-corrected chi connectivity index (χ4v) is 5.07. The Bertz CT molecular complexity index is 1620. The van der Waals surface area contributed by atoms with Crippen LogP contribution in [-0.4, -0.2) is 22.7 Å². The van der Waals surface area contributed by atoms with Gasteiger partial charge in [-0.15, -0.1) is 0 Å². The molecule has 1 aliphatic heterocycles. The van der Waals surface area contributed by atoms with Gasteiger partial charge in [-0.3, -0.25) is 14.2 Å². The van der Waals surface area contributed by atoms with Crippen molar-refractivity contribution in [2.24, 2.45) is 4.99 Å². The highest BCUT2D eigenvalue weighted by Gasteiger charge is 2.33. The number of hydrogen-bond acceptors (Lipinski definition) is 7. The van der Waals surface area contributed by atoms with Gasteiger partial charge >= 0.3 is 0 Å². The minimum absolute atomic E-state index is 0.0420. The Balaban J connectivity index is 1.71. The van der Waals surface area contributed by atoms with E-state index in [-0.39, 0.29) is 23.0 Å². The summed E-state index contributed by atoms with van der Waals surface area (Å²) in [5.41, 5.74) is 2.50. The summed E-state index contributed by atoms with van der Waals surface area (Å²) >= 11 is 1.23. The van der Waals surface area contributed by atoms with Crippen molar-refractivity contribution in [1.82, 2.24) is 4.57 Å². The summed E-state index contributed by atoms with van der Waals surface area (Å²) in [6.07, 6.45) is 4.81. The number of para-hydroxylation sites is 1. The van der Waals surface area contributed by atoms with E-state index in [2.05, 4.69) is 10.3 Å². The number of aromatic hydroxyl groups is 1. The second-order valence-electron chi connectivity index (χ2n) is 7.89. The number of phenols is 1. The van der Waals surface area contributed by atoms with Crippen LogP contribution in [0.4, 0.5) is 5.69 Å². The number of carbonyl (C=O) groups excluding carboxylic acids is 1. The zero-order chi connectivity index (χ0) is 24.5. The van der Waals surface area contributed by atoms with Gasteiger partial charge in [0.25, 0.3) is 11.5 Å². The number of nitrogens with zero attached hydrogens (tertiary/aromatic N) is 2. The van der Waals surface area contributed by atoms with Gasteiger partial charge in [-0.1, -0.05) is 35.6 Å². The number of nitrogens with one attached hydrogen (secondary N) is 1. The van der Waals surface area contributed by atoms with Gasteiger partial charge in [0, 0.05) is 11.3 Å². The van der Waals surface area contributed by atoms with E-state index >= 15 is 0 Å². The second-order valence-corrected chi connectivity index (χ2v) is 8.90. The van der Waals surface area contributed by atoms with Crippen LogP contribution < -0.4 is 24.9 Å². The largest absolute Gasteiger partial charge is 0.504 e. The summed E-state index contributed by atoms with van der Waals surface area (Å²) < 4.78 is 12.4. The number of furan rings is 1. The van der Waals surface area contributed by atoms with E-state index in [1.54, 1.807) is 49.6 Å². The average molecular weight is 488 g/mol. The van der Waals surface area contributed by atoms with Crippen molar-refractivity contribution < 1.29 is 19.1 Å². The molecule has 5 rings (SSSR count). The molecule has 0 unspecified atom stereocenters. The minimum Gasteiger partial charge on any atom is -0.504 e. The fourth-order valence-electron chi connectivity index (χ4n) is 4.02. The molecule has 3 heterocycles. The molecule has 2 aromatic heterocycles. The van der Waals surface area contributed by atoms with Gasteiger partial charge in [-0.25, -0.2) is 4.99 Å². The number of fused-ring (bicyclic) bond motifs is 1. The predicted molar refractivity (Wildman–Crippen MR) is 132 cm³/mol. The van der Waals surface area contributed by atoms with Gasteiger partial charge in [0.1, 0.15) is 0 Å². The fraction of sp³-hybridized carbons (Fsp3) is 0.115. The van der Waals surface area contributed by atoms with Crippen LogP contribution in [0.2, 0.25) is 0 Å². The van der Waals surface area contributed by atoms with E-state index in [0.29, 0.717) is 31.9 Å². The molecule has 0 aliphatic carbocycles. The number of amides is 1. The van der Waals surface area contributed by atoms with E-state index in [9.17, 15) is 14.7 Å². The molecular weight excluding hydrogens is 466 g/mol. The number of methoxy groups -OCH3 is 1. The van der Waals surface area contributed by atoms with Gasteiger partial charge in [-0.05, 0) is 48.9 Å². The van der Waals surface area contributed by atoms with Gasteiger partial charge < -0.3 is 19.6 Å². The lowest BCUT2D eigenvalue weighted by Crippen LogP contribution is -2.40. The Labute approximate surface area is 203 Å². The molecule has 176 valence electrons. The lowest BCUT2D eigenvalue weighted by molar-refractivity contribution is -0.113. The number of phenolic OH excluding ortho intramolecular Hbond substituents is 1. The molecule has 1 atom stereocenters. The van der Waals surface area contributed by atoms with Crippen LogP contribution in [0.5, 0.6) is 11.5 Å². The number of allylic oxidation sites excluding steroid dienone is 1. The number of ether oxygens (including phenoxy) is 1. The zero-order valence-electron chi connectivity index (χ0n) is 18.9. The van der Waals surface area contributed by atoms with Crippen LogP contribution in [0.15, 0.2) is 92.6 Å². The van der Waals surface area contributed by atoms with Crippen molar-refractivity contribution in [3.05, 3.63) is 109 Å². The highest BCUT2D eigenvalue weighted by Crippen LogP contribution is 2.35. The third-order valence-corrected chi connectivity index (χ3v) is 6.64. The molecule has 0 bridgehead atoms. The molecule has 8 nitrogen and oxygen atoms in total. The van der Waals surface area contributed by atoms with Crippen LogP contribution in [0, 0.1) is 0 Å². The first-order chi connectivity index (χ1) is 17.0. The molecule has 0 saturated heterocycles. The topological polar surface area (TPSA) is 106 Å². The Hall–Kier alpha value is -4.37. The summed E-state index contributed by atoms with van der Waals surface area (Å²) in [5.74, 6) is -0.182. The Kier molecular flexibility index (Phi) is 5.84. The maximum Gasteiger partial charge on any atom is 0.271 e. The Morgan fingerprint density at radius 2 is 2.03 bits per heavy atom. The SMILES string of the molecule is COc1cc([C@@H]2C(C(=O)Nc3ccccc3)=C(C)N=c3s/c(=C/c4ccoc4)c(=O)n32)ccc1O. The summed E-state index contributed by atoms with van der Waals surface area (Å²) in [7, 11) is 1.44. The van der Waals surface area contributed by atoms with Crippen molar-refractivity contribution in [2.45, 2.75) is 13.0 Å². The molecular formula is C26H21N3O5S. The molecule has 1 amide bonds. The summed E-state index contributed by atoms with van der Waals surface area (Å²) in [4.78, 5) is 32.2. The molecule has 0 saturated carbocycles. The van der Waals surface area contributed by atoms with E-state index in [4.69, 9.17) is 9.15 Å². The van der Waals surface area contributed by atoms with Gasteiger partial charge in [0.05, 0.1) is 41.5 Å². The van der Waals surface area contributed by atoms with Crippen molar-refractivity contribution in [3.8, 4) is 11.5 Å². The third-order valence-electron chi connectivity index (χ3n) is 5.66. The van der Waals surface area contributed by atoms with E-state index < -0.39 is 6.04 Å². The van der Waals surface area contributed by atoms with Crippen LogP contribution in [0.25, 0.3) is 6.08 Å². The first kappa shape index (κ1) is 22.4. The Morgan fingerprint density at radius 1 is 1.23 bits per heavy atom. The molecule has 0 fully saturated rings. The number of aromatic nitrogens is 1. The maximum atomic E-state index is 13.6. The van der Waals surface area contributed by atoms with E-state index in [0.717, 1.165) is 5.56 Å². The van der Waals surface area contributed by atoms with Crippen molar-refractivity contribution in [3.63, 3.8) is 0 Å². The average Bonchev–Trinajstić information content (AvgIpc) is 3.47. The normalized spacial score (nSPS) is 15.5. The number of carbonyl (C=O) groups is 1. The number of thiazole rings is 1. The summed E-state index contributed by atoms with van der Waals surface area (Å²) in [6, 6.07) is 14.8. The highest BCUT2D eigenvalue weighted by molar-refractivity contribution is 7.07. The highest BCUT2D eigenvalue weighted by atomic mass is 32.1. The van der Waals surface area contributed by atoms with Gasteiger partial charge in [-0.2, -0.15) is 0 Å². The number of rotatable bonds is 5. The molecule has 9 heteroatoms. The van der Waals surface area contributed by atoms with Crippen LogP contribution >= 0.6 is 11.3 Å². The molecule has 1 aliphatic rings. The molecule has 35 heavy (non-hydrogen) atoms. The van der Waals surface area contributed by atoms with Crippen LogP contribution in [-0.2, 0) is 4.79 Å². The summed E-state index contributed by atoms with van der Waals surface area (Å²) in [5, 5.41) is 13.0. The smallest absolute Gasteiger partial charge is 0.271 e. The third kappa shape index (κ3) is 4.17. The van der Waals surface area contributed by atoms with Crippen molar-refractivity contribution in [1.29, 1.82) is 0 Å². The van der Waals surface area contributed by atoms with Gasteiger partial charge in [0.15, 0.2) is 16.3 Å².